The van der Waals surface area contributed by atoms with Crippen molar-refractivity contribution in [3.8, 4) is 5.75 Å². The number of aromatic nitrogens is 1. The van der Waals surface area contributed by atoms with E-state index >= 15 is 0 Å². The summed E-state index contributed by atoms with van der Waals surface area (Å²) in [7, 11) is 7.14. The van der Waals surface area contributed by atoms with Gasteiger partial charge in [0.05, 0.1) is 13.2 Å². The van der Waals surface area contributed by atoms with E-state index in [4.69, 9.17) is 4.74 Å². The van der Waals surface area contributed by atoms with Gasteiger partial charge in [0, 0.05) is 19.8 Å². The summed E-state index contributed by atoms with van der Waals surface area (Å²) in [6, 6.07) is 10.6. The molecule has 7 heteroatoms. The van der Waals surface area contributed by atoms with Crippen LogP contribution in [0, 0.1) is 0 Å². The van der Waals surface area contributed by atoms with Crippen molar-refractivity contribution < 1.29 is 9.53 Å². The first-order valence-electron chi connectivity index (χ1n) is 7.93. The number of hydrogen-bond donors (Lipinski definition) is 2. The molecule has 7 nitrogen and oxygen atoms in total. The number of ether oxygens (including phenoxy) is 1. The highest BCUT2D eigenvalue weighted by Crippen LogP contribution is 2.22. The Bertz CT molecular complexity index is 786. The molecule has 2 amide bonds. The summed E-state index contributed by atoms with van der Waals surface area (Å²) in [4.78, 5) is 26.1. The molecule has 0 bridgehead atoms. The molecule has 1 unspecified atom stereocenters. The third-order valence-electron chi connectivity index (χ3n) is 3.93. The van der Waals surface area contributed by atoms with Crippen LogP contribution in [0.3, 0.4) is 0 Å². The Morgan fingerprint density at radius 1 is 1.28 bits per heavy atom. The van der Waals surface area contributed by atoms with Crippen LogP contribution in [-0.2, 0) is 7.05 Å². The average molecular weight is 344 g/mol. The molecule has 134 valence electrons. The van der Waals surface area contributed by atoms with Gasteiger partial charge in [-0.15, -0.1) is 0 Å². The Hall–Kier alpha value is -2.80. The Morgan fingerprint density at radius 3 is 2.72 bits per heavy atom. The van der Waals surface area contributed by atoms with Gasteiger partial charge in [0.1, 0.15) is 11.4 Å². The molecule has 0 fully saturated rings. The Labute approximate surface area is 147 Å². The van der Waals surface area contributed by atoms with Crippen LogP contribution in [0.5, 0.6) is 5.75 Å². The number of aryl methyl sites for hydroxylation is 1. The van der Waals surface area contributed by atoms with E-state index in [1.165, 1.54) is 4.57 Å². The average Bonchev–Trinajstić information content (AvgIpc) is 2.59. The first-order chi connectivity index (χ1) is 11.9. The second-order valence-corrected chi connectivity index (χ2v) is 5.93. The minimum absolute atomic E-state index is 0.0283. The van der Waals surface area contributed by atoms with Crippen molar-refractivity contribution in [2.45, 2.75) is 6.04 Å². The molecule has 0 spiro atoms. The second kappa shape index (κ2) is 8.34. The van der Waals surface area contributed by atoms with Crippen LogP contribution in [0.15, 0.2) is 47.4 Å². The van der Waals surface area contributed by atoms with Gasteiger partial charge < -0.3 is 24.8 Å². The summed E-state index contributed by atoms with van der Waals surface area (Å²) in [6.07, 6.45) is 1.64. The van der Waals surface area contributed by atoms with Crippen molar-refractivity contribution >= 4 is 11.7 Å². The molecule has 0 saturated heterocycles. The number of amides is 2. The topological polar surface area (TPSA) is 75.6 Å². The van der Waals surface area contributed by atoms with Crippen molar-refractivity contribution in [2.24, 2.45) is 7.05 Å². The lowest BCUT2D eigenvalue weighted by Gasteiger charge is -2.25. The predicted molar refractivity (Wildman–Crippen MR) is 98.1 cm³/mol. The summed E-state index contributed by atoms with van der Waals surface area (Å²) >= 11 is 0. The normalized spacial score (nSPS) is 11.9. The summed E-state index contributed by atoms with van der Waals surface area (Å²) < 4.78 is 6.67. The lowest BCUT2D eigenvalue weighted by Crippen LogP contribution is -2.38. The Morgan fingerprint density at radius 2 is 2.04 bits per heavy atom. The smallest absolute Gasteiger partial charge is 0.319 e. The van der Waals surface area contributed by atoms with Gasteiger partial charge in [-0.3, -0.25) is 4.79 Å². The van der Waals surface area contributed by atoms with Gasteiger partial charge >= 0.3 is 6.03 Å². The lowest BCUT2D eigenvalue weighted by molar-refractivity contribution is 0.243. The molecule has 1 aromatic carbocycles. The van der Waals surface area contributed by atoms with E-state index in [0.717, 1.165) is 11.3 Å². The molecule has 0 saturated carbocycles. The van der Waals surface area contributed by atoms with Crippen LogP contribution in [0.4, 0.5) is 10.5 Å². The molecule has 25 heavy (non-hydrogen) atoms. The number of nitrogens with zero attached hydrogens (tertiary/aromatic N) is 2. The minimum Gasteiger partial charge on any atom is -0.497 e. The number of pyridine rings is 1. The summed E-state index contributed by atoms with van der Waals surface area (Å²) in [5, 5.41) is 5.41. The van der Waals surface area contributed by atoms with E-state index in [1.807, 2.05) is 43.3 Å². The van der Waals surface area contributed by atoms with Crippen molar-refractivity contribution in [1.29, 1.82) is 0 Å². The van der Waals surface area contributed by atoms with Crippen molar-refractivity contribution in [3.05, 3.63) is 58.5 Å². The Kier molecular flexibility index (Phi) is 6.19. The zero-order valence-electron chi connectivity index (χ0n) is 14.9. The second-order valence-electron chi connectivity index (χ2n) is 5.93. The highest BCUT2D eigenvalue weighted by molar-refractivity contribution is 5.88. The van der Waals surface area contributed by atoms with Crippen LogP contribution in [0.1, 0.15) is 11.6 Å². The lowest BCUT2D eigenvalue weighted by atomic mass is 10.1. The zero-order valence-corrected chi connectivity index (χ0v) is 14.9. The summed E-state index contributed by atoms with van der Waals surface area (Å²) in [6.45, 7) is 0.388. The largest absolute Gasteiger partial charge is 0.497 e. The zero-order chi connectivity index (χ0) is 18.4. The van der Waals surface area contributed by atoms with Crippen molar-refractivity contribution in [1.82, 2.24) is 14.8 Å². The van der Waals surface area contributed by atoms with E-state index in [1.54, 1.807) is 32.5 Å². The number of methoxy groups -OCH3 is 1. The number of carbonyl (C=O) groups excluding carboxylic acids is 1. The molecule has 2 N–H and O–H groups in total. The molecular weight excluding hydrogens is 320 g/mol. The van der Waals surface area contributed by atoms with E-state index < -0.39 is 6.03 Å². The monoisotopic (exact) mass is 344 g/mol. The number of nitrogens with one attached hydrogen (secondary N) is 2. The fourth-order valence-electron chi connectivity index (χ4n) is 2.50. The third kappa shape index (κ3) is 4.84. The number of urea groups is 1. The number of benzene rings is 1. The number of hydrogen-bond acceptors (Lipinski definition) is 4. The van der Waals surface area contributed by atoms with Crippen LogP contribution in [-0.4, -0.2) is 43.2 Å². The van der Waals surface area contributed by atoms with Crippen LogP contribution < -0.4 is 20.9 Å². The van der Waals surface area contributed by atoms with Gasteiger partial charge in [0.2, 0.25) is 0 Å². The molecule has 0 radical (unpaired) electrons. The predicted octanol–water partition coefficient (Wildman–Crippen LogP) is 1.82. The number of carbonyl (C=O) groups is 1. The maximum absolute atomic E-state index is 12.1. The molecule has 0 aliphatic carbocycles. The molecular formula is C18H24N4O3. The standard InChI is InChI=1S/C18H24N4O3/c1-21(2)16(13-7-5-8-14(11-13)25-4)12-19-18(24)20-15-9-6-10-22(3)17(15)23/h5-11,16H,12H2,1-4H3,(H2,19,20,24). The Balaban J connectivity index is 2.04. The van der Waals surface area contributed by atoms with Gasteiger partial charge in [-0.25, -0.2) is 4.79 Å². The van der Waals surface area contributed by atoms with Gasteiger partial charge in [0.15, 0.2) is 0 Å². The van der Waals surface area contributed by atoms with E-state index in [-0.39, 0.29) is 17.3 Å². The highest BCUT2D eigenvalue weighted by Gasteiger charge is 2.16. The fraction of sp³-hybridized carbons (Fsp3) is 0.333. The molecule has 0 aliphatic heterocycles. The maximum atomic E-state index is 12.1. The molecule has 1 aromatic heterocycles. The molecule has 1 atom stereocenters. The van der Waals surface area contributed by atoms with Gasteiger partial charge in [-0.2, -0.15) is 0 Å². The van der Waals surface area contributed by atoms with E-state index in [2.05, 4.69) is 10.6 Å². The van der Waals surface area contributed by atoms with Crippen LogP contribution in [0.25, 0.3) is 0 Å². The maximum Gasteiger partial charge on any atom is 0.319 e. The molecule has 2 aromatic rings. The SMILES string of the molecule is COc1cccc(C(CNC(=O)Nc2cccn(C)c2=O)N(C)C)c1. The molecule has 0 aliphatic rings. The third-order valence-corrected chi connectivity index (χ3v) is 3.93. The van der Waals surface area contributed by atoms with Crippen molar-refractivity contribution in [3.63, 3.8) is 0 Å². The van der Waals surface area contributed by atoms with Gasteiger partial charge in [-0.1, -0.05) is 12.1 Å². The van der Waals surface area contributed by atoms with Gasteiger partial charge in [0.25, 0.3) is 5.56 Å². The first kappa shape index (κ1) is 18.5. The van der Waals surface area contributed by atoms with Gasteiger partial charge in [-0.05, 0) is 43.9 Å². The molecule has 2 rings (SSSR count). The van der Waals surface area contributed by atoms with Crippen LogP contribution >= 0.6 is 0 Å². The van der Waals surface area contributed by atoms with E-state index in [9.17, 15) is 9.59 Å². The molecule has 1 heterocycles. The highest BCUT2D eigenvalue weighted by atomic mass is 16.5. The van der Waals surface area contributed by atoms with Crippen molar-refractivity contribution in [2.75, 3.05) is 33.1 Å². The number of rotatable bonds is 6. The quantitative estimate of drug-likeness (QED) is 0.838. The summed E-state index contributed by atoms with van der Waals surface area (Å²) in [5.41, 5.74) is 1.01. The number of likely N-dealkylation sites (N-methyl/N-ethyl adjacent to an activating group) is 1. The fourth-order valence-corrected chi connectivity index (χ4v) is 2.50. The number of anilines is 1. The van der Waals surface area contributed by atoms with E-state index in [0.29, 0.717) is 6.54 Å². The van der Waals surface area contributed by atoms with Crippen LogP contribution in [0.2, 0.25) is 0 Å². The summed E-state index contributed by atoms with van der Waals surface area (Å²) in [5.74, 6) is 0.765. The minimum atomic E-state index is -0.418. The first-order valence-corrected chi connectivity index (χ1v) is 7.93.